The largest absolute Gasteiger partial charge is 0.472 e. The first kappa shape index (κ1) is 19.5. The molecule has 1 aliphatic rings. The summed E-state index contributed by atoms with van der Waals surface area (Å²) in [4.78, 5) is 16.2. The number of furan rings is 1. The summed E-state index contributed by atoms with van der Waals surface area (Å²) in [7, 11) is 0. The van der Waals surface area contributed by atoms with E-state index in [1.54, 1.807) is 0 Å². The Hall–Kier alpha value is -2.23. The highest BCUT2D eigenvalue weighted by molar-refractivity contribution is 6.33. The van der Waals surface area contributed by atoms with Gasteiger partial charge in [-0.3, -0.25) is 9.20 Å². The number of hydrogen-bond donors (Lipinski definition) is 2. The number of amides is 1. The third-order valence-corrected chi connectivity index (χ3v) is 4.51. The van der Waals surface area contributed by atoms with Gasteiger partial charge in [-0.1, -0.05) is 11.6 Å². The van der Waals surface area contributed by atoms with Crippen LogP contribution in [0, 0.1) is 0 Å². The molecule has 0 aromatic carbocycles. The van der Waals surface area contributed by atoms with Gasteiger partial charge in [0, 0.05) is 30.4 Å². The molecule has 3 aromatic heterocycles. The highest BCUT2D eigenvalue weighted by atomic mass is 35.5. The van der Waals surface area contributed by atoms with Crippen LogP contribution >= 0.6 is 24.0 Å². The molecule has 0 unspecified atom stereocenters. The highest BCUT2D eigenvalue weighted by Gasteiger charge is 2.36. The van der Waals surface area contributed by atoms with Crippen LogP contribution in [0.2, 0.25) is 5.15 Å². The summed E-state index contributed by atoms with van der Waals surface area (Å²) in [6.45, 7) is 1.18. The number of aromatic nitrogens is 2. The fourth-order valence-corrected chi connectivity index (χ4v) is 2.96. The minimum atomic E-state index is -4.67. The molecule has 0 radical (unpaired) electrons. The smallest absolute Gasteiger partial charge is 0.420 e. The van der Waals surface area contributed by atoms with Crippen LogP contribution in [0.3, 0.4) is 0 Å². The van der Waals surface area contributed by atoms with Crippen LogP contribution in [0.4, 0.5) is 13.2 Å². The van der Waals surface area contributed by atoms with Crippen molar-refractivity contribution in [3.63, 3.8) is 0 Å². The zero-order valence-corrected chi connectivity index (χ0v) is 15.1. The zero-order chi connectivity index (χ0) is 18.5. The van der Waals surface area contributed by atoms with Gasteiger partial charge in [-0.2, -0.15) is 13.2 Å². The van der Waals surface area contributed by atoms with Gasteiger partial charge in [-0.15, -0.1) is 12.4 Å². The second-order valence-electron chi connectivity index (χ2n) is 5.93. The Kier molecular flexibility index (Phi) is 5.11. The van der Waals surface area contributed by atoms with Gasteiger partial charge in [0.2, 0.25) is 0 Å². The Morgan fingerprint density at radius 1 is 1.37 bits per heavy atom. The molecule has 0 bridgehead atoms. The van der Waals surface area contributed by atoms with Gasteiger partial charge in [0.15, 0.2) is 11.3 Å². The lowest BCUT2D eigenvalue weighted by atomic mass is 10.1. The Balaban J connectivity index is 0.00000210. The third-order valence-electron chi connectivity index (χ3n) is 4.15. The van der Waals surface area contributed by atoms with Gasteiger partial charge in [-0.05, 0) is 12.1 Å². The second kappa shape index (κ2) is 7.06. The Morgan fingerprint density at radius 3 is 2.67 bits per heavy atom. The number of rotatable bonds is 3. The van der Waals surface area contributed by atoms with E-state index in [4.69, 9.17) is 16.0 Å². The fraction of sp³-hybridized carbons (Fsp3) is 0.250. The molecule has 1 aliphatic heterocycles. The van der Waals surface area contributed by atoms with Crippen LogP contribution in [0.1, 0.15) is 16.1 Å². The van der Waals surface area contributed by atoms with E-state index >= 15 is 0 Å². The maximum atomic E-state index is 13.5. The van der Waals surface area contributed by atoms with Gasteiger partial charge >= 0.3 is 6.18 Å². The minimum absolute atomic E-state index is 0. The van der Waals surface area contributed by atoms with Gasteiger partial charge in [0.1, 0.15) is 5.15 Å². The topological polar surface area (TPSA) is 71.6 Å². The molecule has 4 heterocycles. The van der Waals surface area contributed by atoms with E-state index in [2.05, 4.69) is 15.6 Å². The minimum Gasteiger partial charge on any atom is -0.472 e. The molecule has 27 heavy (non-hydrogen) atoms. The van der Waals surface area contributed by atoms with E-state index in [-0.39, 0.29) is 34.9 Å². The molecule has 11 heteroatoms. The van der Waals surface area contributed by atoms with Crippen LogP contribution in [-0.2, 0) is 6.18 Å². The molecular formula is C16H13Cl2F3N4O2. The molecule has 144 valence electrons. The van der Waals surface area contributed by atoms with Crippen LogP contribution in [-0.4, -0.2) is 34.4 Å². The number of nitrogens with one attached hydrogen (secondary N) is 2. The van der Waals surface area contributed by atoms with Crippen LogP contribution in [0.15, 0.2) is 35.3 Å². The summed E-state index contributed by atoms with van der Waals surface area (Å²) >= 11 is 6.19. The standard InChI is InChI=1S/C16H12ClF3N4O2.ClH/c17-13-12(15(25)22-10-4-21-5-10)23-14-11(16(18,19)20)3-9(6-24(13)14)8-1-2-26-7-8;/h1-3,6-7,10,21H,4-5H2,(H,22,25);1H. The van der Waals surface area contributed by atoms with E-state index in [0.29, 0.717) is 18.7 Å². The number of fused-ring (bicyclic) bond motifs is 1. The second-order valence-corrected chi connectivity index (χ2v) is 6.28. The molecule has 4 rings (SSSR count). The quantitative estimate of drug-likeness (QED) is 0.681. The maximum absolute atomic E-state index is 13.5. The number of pyridine rings is 1. The first-order valence-electron chi connectivity index (χ1n) is 7.67. The summed E-state index contributed by atoms with van der Waals surface area (Å²) in [5.74, 6) is -0.608. The van der Waals surface area contributed by atoms with Crippen LogP contribution < -0.4 is 10.6 Å². The van der Waals surface area contributed by atoms with E-state index in [0.717, 1.165) is 10.5 Å². The zero-order valence-electron chi connectivity index (χ0n) is 13.5. The van der Waals surface area contributed by atoms with Gasteiger partial charge in [0.05, 0.1) is 24.1 Å². The molecule has 0 atom stereocenters. The number of halogens is 5. The highest BCUT2D eigenvalue weighted by Crippen LogP contribution is 2.37. The van der Waals surface area contributed by atoms with Crippen LogP contribution in [0.5, 0.6) is 0 Å². The van der Waals surface area contributed by atoms with Crippen molar-refractivity contribution in [2.45, 2.75) is 12.2 Å². The molecule has 1 saturated heterocycles. The number of hydrogen-bond acceptors (Lipinski definition) is 4. The normalized spacial score (nSPS) is 14.7. The monoisotopic (exact) mass is 420 g/mol. The van der Waals surface area contributed by atoms with E-state index < -0.39 is 23.3 Å². The predicted octanol–water partition coefficient (Wildman–Crippen LogP) is 3.39. The van der Waals surface area contributed by atoms with Crippen molar-refractivity contribution in [3.05, 3.63) is 47.3 Å². The number of carbonyl (C=O) groups excluding carboxylic acids is 1. The SMILES string of the molecule is Cl.O=C(NC1CNC1)c1nc2c(C(F)(F)F)cc(-c3ccoc3)cn2c1Cl. The molecule has 0 spiro atoms. The fourth-order valence-electron chi connectivity index (χ4n) is 2.70. The lowest BCUT2D eigenvalue weighted by Crippen LogP contribution is -2.57. The summed E-state index contributed by atoms with van der Waals surface area (Å²) in [6, 6.07) is 2.40. The Morgan fingerprint density at radius 2 is 2.11 bits per heavy atom. The van der Waals surface area contributed by atoms with Crippen molar-refractivity contribution < 1.29 is 22.4 Å². The summed E-state index contributed by atoms with van der Waals surface area (Å²) in [5.41, 5.74) is -0.954. The van der Waals surface area contributed by atoms with Gasteiger partial charge < -0.3 is 15.1 Å². The molecule has 6 nitrogen and oxygen atoms in total. The van der Waals surface area contributed by atoms with Crippen molar-refractivity contribution in [3.8, 4) is 11.1 Å². The molecule has 0 saturated carbocycles. The summed E-state index contributed by atoms with van der Waals surface area (Å²) < 4.78 is 46.6. The van der Waals surface area contributed by atoms with Crippen molar-refractivity contribution in [1.29, 1.82) is 0 Å². The Labute approximate surface area is 162 Å². The van der Waals surface area contributed by atoms with Crippen molar-refractivity contribution in [1.82, 2.24) is 20.0 Å². The lowest BCUT2D eigenvalue weighted by Gasteiger charge is -2.27. The summed E-state index contributed by atoms with van der Waals surface area (Å²) in [6.07, 6.45) is -0.592. The number of imidazole rings is 1. The first-order valence-corrected chi connectivity index (χ1v) is 8.05. The molecule has 3 aromatic rings. The first-order chi connectivity index (χ1) is 12.3. The van der Waals surface area contributed by atoms with Gasteiger partial charge in [0.25, 0.3) is 5.91 Å². The molecule has 2 N–H and O–H groups in total. The van der Waals surface area contributed by atoms with Crippen molar-refractivity contribution >= 4 is 35.6 Å². The molecule has 1 amide bonds. The molecule has 0 aliphatic carbocycles. The lowest BCUT2D eigenvalue weighted by molar-refractivity contribution is -0.136. The van der Waals surface area contributed by atoms with Crippen molar-refractivity contribution in [2.24, 2.45) is 0 Å². The molecular weight excluding hydrogens is 408 g/mol. The Bertz CT molecular complexity index is 982. The van der Waals surface area contributed by atoms with Crippen molar-refractivity contribution in [2.75, 3.05) is 13.1 Å². The number of carbonyl (C=O) groups is 1. The number of alkyl halides is 3. The summed E-state index contributed by atoms with van der Waals surface area (Å²) in [5, 5.41) is 5.48. The van der Waals surface area contributed by atoms with E-state index in [1.807, 2.05) is 0 Å². The van der Waals surface area contributed by atoms with Gasteiger partial charge in [-0.25, -0.2) is 4.98 Å². The third kappa shape index (κ3) is 3.50. The number of nitrogens with zero attached hydrogens (tertiary/aromatic N) is 2. The predicted molar refractivity (Wildman–Crippen MR) is 94.3 cm³/mol. The van der Waals surface area contributed by atoms with E-state index in [9.17, 15) is 18.0 Å². The molecule has 1 fully saturated rings. The maximum Gasteiger partial charge on any atom is 0.420 e. The van der Waals surface area contributed by atoms with E-state index in [1.165, 1.54) is 24.8 Å². The average Bonchev–Trinajstić information content (AvgIpc) is 3.17. The van der Waals surface area contributed by atoms with Crippen LogP contribution in [0.25, 0.3) is 16.8 Å². The average molecular weight is 421 g/mol.